The van der Waals surface area contributed by atoms with Crippen LogP contribution in [0.25, 0.3) is 11.1 Å². The molecule has 0 spiro atoms. The van der Waals surface area contributed by atoms with Crippen LogP contribution in [0.5, 0.6) is 5.75 Å². The molecule has 1 saturated heterocycles. The van der Waals surface area contributed by atoms with Crippen molar-refractivity contribution in [1.29, 1.82) is 0 Å². The second kappa shape index (κ2) is 9.54. The van der Waals surface area contributed by atoms with Gasteiger partial charge in [0, 0.05) is 24.3 Å². The van der Waals surface area contributed by atoms with Gasteiger partial charge < -0.3 is 10.1 Å². The van der Waals surface area contributed by atoms with Crippen LogP contribution in [0.3, 0.4) is 0 Å². The van der Waals surface area contributed by atoms with E-state index in [4.69, 9.17) is 4.74 Å². The van der Waals surface area contributed by atoms with E-state index in [1.807, 2.05) is 12.1 Å². The van der Waals surface area contributed by atoms with Gasteiger partial charge in [0.2, 0.25) is 10.0 Å². The smallest absolute Gasteiger partial charge is 0.255 e. The topological polar surface area (TPSA) is 75.7 Å². The number of carbonyl (C=O) groups is 1. The summed E-state index contributed by atoms with van der Waals surface area (Å²) in [7, 11) is -1.87. The Labute approximate surface area is 188 Å². The lowest BCUT2D eigenvalue weighted by Crippen LogP contribution is -2.35. The maximum Gasteiger partial charge on any atom is 0.255 e. The van der Waals surface area contributed by atoms with E-state index in [0.717, 1.165) is 36.1 Å². The van der Waals surface area contributed by atoms with E-state index >= 15 is 0 Å². The normalized spacial score (nSPS) is 14.7. The molecule has 7 heteroatoms. The van der Waals surface area contributed by atoms with Crippen LogP contribution in [0.4, 0.5) is 5.69 Å². The Morgan fingerprint density at radius 3 is 2.22 bits per heavy atom. The number of methoxy groups -OCH3 is 1. The zero-order valence-electron chi connectivity index (χ0n) is 18.0. The molecule has 1 aliphatic rings. The highest BCUT2D eigenvalue weighted by Crippen LogP contribution is 2.26. The number of anilines is 1. The lowest BCUT2D eigenvalue weighted by molar-refractivity contribution is 0.102. The minimum atomic E-state index is -3.46. The average Bonchev–Trinajstić information content (AvgIpc) is 2.85. The average molecular weight is 451 g/mol. The van der Waals surface area contributed by atoms with E-state index in [-0.39, 0.29) is 5.91 Å². The molecule has 0 saturated carbocycles. The summed E-state index contributed by atoms with van der Waals surface area (Å²) in [5.41, 5.74) is 2.88. The summed E-state index contributed by atoms with van der Waals surface area (Å²) in [5.74, 6) is 0.497. The summed E-state index contributed by atoms with van der Waals surface area (Å²) >= 11 is 0. The SMILES string of the molecule is COc1ccc(NC(=O)c2cccc(-c3ccc(S(=O)(=O)N4CCCCC4)cc3)c2)cc1. The lowest BCUT2D eigenvalue weighted by atomic mass is 10.0. The van der Waals surface area contributed by atoms with Crippen molar-refractivity contribution in [3.63, 3.8) is 0 Å². The Morgan fingerprint density at radius 1 is 0.875 bits per heavy atom. The molecular formula is C25H26N2O4S. The summed E-state index contributed by atoms with van der Waals surface area (Å²) in [5, 5.41) is 2.87. The van der Waals surface area contributed by atoms with Gasteiger partial charge >= 0.3 is 0 Å². The maximum absolute atomic E-state index is 12.9. The molecule has 0 aliphatic carbocycles. The molecule has 32 heavy (non-hydrogen) atoms. The molecular weight excluding hydrogens is 424 g/mol. The van der Waals surface area contributed by atoms with Crippen molar-refractivity contribution in [2.75, 3.05) is 25.5 Å². The summed E-state index contributed by atoms with van der Waals surface area (Å²) in [6.45, 7) is 1.16. The second-order valence-electron chi connectivity index (χ2n) is 7.75. The number of ether oxygens (including phenoxy) is 1. The van der Waals surface area contributed by atoms with Gasteiger partial charge in [-0.1, -0.05) is 30.7 Å². The first-order valence-electron chi connectivity index (χ1n) is 10.6. The monoisotopic (exact) mass is 450 g/mol. The fourth-order valence-electron chi connectivity index (χ4n) is 3.79. The van der Waals surface area contributed by atoms with Crippen LogP contribution in [0.2, 0.25) is 0 Å². The lowest BCUT2D eigenvalue weighted by Gasteiger charge is -2.25. The highest BCUT2D eigenvalue weighted by molar-refractivity contribution is 7.89. The molecule has 1 heterocycles. The third-order valence-electron chi connectivity index (χ3n) is 5.61. The Hall–Kier alpha value is -3.16. The van der Waals surface area contributed by atoms with Crippen molar-refractivity contribution >= 4 is 21.6 Å². The van der Waals surface area contributed by atoms with Gasteiger partial charge in [-0.05, 0) is 72.5 Å². The fraction of sp³-hybridized carbons (Fsp3) is 0.240. The second-order valence-corrected chi connectivity index (χ2v) is 9.69. The molecule has 1 fully saturated rings. The van der Waals surface area contributed by atoms with Crippen LogP contribution < -0.4 is 10.1 Å². The Bertz CT molecular complexity index is 1180. The largest absolute Gasteiger partial charge is 0.497 e. The maximum atomic E-state index is 12.9. The van der Waals surface area contributed by atoms with Crippen molar-refractivity contribution in [2.24, 2.45) is 0 Å². The zero-order valence-corrected chi connectivity index (χ0v) is 18.8. The summed E-state index contributed by atoms with van der Waals surface area (Å²) in [6.07, 6.45) is 2.89. The zero-order chi connectivity index (χ0) is 22.6. The number of sulfonamides is 1. The van der Waals surface area contributed by atoms with Crippen molar-refractivity contribution < 1.29 is 17.9 Å². The number of rotatable bonds is 6. The Morgan fingerprint density at radius 2 is 1.56 bits per heavy atom. The van der Waals surface area contributed by atoms with Gasteiger partial charge in [-0.3, -0.25) is 4.79 Å². The number of nitrogens with zero attached hydrogens (tertiary/aromatic N) is 1. The summed E-state index contributed by atoms with van der Waals surface area (Å²) in [4.78, 5) is 13.0. The highest BCUT2D eigenvalue weighted by Gasteiger charge is 2.25. The number of hydrogen-bond acceptors (Lipinski definition) is 4. The number of hydrogen-bond donors (Lipinski definition) is 1. The minimum absolute atomic E-state index is 0.221. The van der Waals surface area contributed by atoms with Crippen molar-refractivity contribution in [3.8, 4) is 16.9 Å². The molecule has 4 rings (SSSR count). The molecule has 0 atom stereocenters. The van der Waals surface area contributed by atoms with Gasteiger partial charge in [-0.2, -0.15) is 4.31 Å². The predicted octanol–water partition coefficient (Wildman–Crippen LogP) is 4.79. The molecule has 0 unspecified atom stereocenters. The van der Waals surface area contributed by atoms with Gasteiger partial charge in [0.25, 0.3) is 5.91 Å². The fourth-order valence-corrected chi connectivity index (χ4v) is 5.31. The van der Waals surface area contributed by atoms with E-state index in [2.05, 4.69) is 5.32 Å². The van der Waals surface area contributed by atoms with Crippen LogP contribution in [0, 0.1) is 0 Å². The Kier molecular flexibility index (Phi) is 6.58. The number of carbonyl (C=O) groups excluding carboxylic acids is 1. The molecule has 0 aromatic heterocycles. The Balaban J connectivity index is 1.50. The summed E-state index contributed by atoms with van der Waals surface area (Å²) in [6, 6.07) is 21.3. The van der Waals surface area contributed by atoms with E-state index < -0.39 is 10.0 Å². The van der Waals surface area contributed by atoms with E-state index in [9.17, 15) is 13.2 Å². The minimum Gasteiger partial charge on any atom is -0.497 e. The number of piperidine rings is 1. The van der Waals surface area contributed by atoms with Crippen LogP contribution >= 0.6 is 0 Å². The number of benzene rings is 3. The third kappa shape index (κ3) is 4.84. The molecule has 0 bridgehead atoms. The van der Waals surface area contributed by atoms with Crippen molar-refractivity contribution in [3.05, 3.63) is 78.4 Å². The standard InChI is InChI=1S/C25H26N2O4S/c1-31-23-12-10-22(11-13-23)26-25(28)21-7-5-6-20(18-21)19-8-14-24(15-9-19)32(29,30)27-16-3-2-4-17-27/h5-15,18H,2-4,16-17H2,1H3,(H,26,28). The van der Waals surface area contributed by atoms with Gasteiger partial charge in [-0.15, -0.1) is 0 Å². The van der Waals surface area contributed by atoms with Crippen LogP contribution in [0.15, 0.2) is 77.7 Å². The van der Waals surface area contributed by atoms with Crippen molar-refractivity contribution in [1.82, 2.24) is 4.31 Å². The van der Waals surface area contributed by atoms with Gasteiger partial charge in [0.15, 0.2) is 0 Å². The molecule has 1 N–H and O–H groups in total. The van der Waals surface area contributed by atoms with E-state index in [1.54, 1.807) is 72.1 Å². The first-order chi connectivity index (χ1) is 15.5. The van der Waals surface area contributed by atoms with Crippen LogP contribution in [-0.2, 0) is 10.0 Å². The number of amides is 1. The predicted molar refractivity (Wildman–Crippen MR) is 125 cm³/mol. The van der Waals surface area contributed by atoms with Gasteiger partial charge in [-0.25, -0.2) is 8.42 Å². The molecule has 3 aromatic rings. The van der Waals surface area contributed by atoms with Gasteiger partial charge in [0.05, 0.1) is 12.0 Å². The van der Waals surface area contributed by atoms with E-state index in [0.29, 0.717) is 29.2 Å². The third-order valence-corrected chi connectivity index (χ3v) is 7.53. The number of nitrogens with one attached hydrogen (secondary N) is 1. The molecule has 1 amide bonds. The first kappa shape index (κ1) is 22.0. The molecule has 166 valence electrons. The van der Waals surface area contributed by atoms with Crippen LogP contribution in [0.1, 0.15) is 29.6 Å². The first-order valence-corrected chi connectivity index (χ1v) is 12.1. The quantitative estimate of drug-likeness (QED) is 0.586. The molecule has 6 nitrogen and oxygen atoms in total. The van der Waals surface area contributed by atoms with Crippen LogP contribution in [-0.4, -0.2) is 38.8 Å². The van der Waals surface area contributed by atoms with Crippen molar-refractivity contribution in [2.45, 2.75) is 24.2 Å². The molecule has 3 aromatic carbocycles. The van der Waals surface area contributed by atoms with Gasteiger partial charge in [0.1, 0.15) is 5.75 Å². The molecule has 1 aliphatic heterocycles. The van der Waals surface area contributed by atoms with E-state index in [1.165, 1.54) is 0 Å². The highest BCUT2D eigenvalue weighted by atomic mass is 32.2. The molecule has 0 radical (unpaired) electrons. The summed E-state index contributed by atoms with van der Waals surface area (Å²) < 4.78 is 32.4.